The van der Waals surface area contributed by atoms with Crippen molar-refractivity contribution in [2.24, 2.45) is 0 Å². The molecule has 0 spiro atoms. The predicted molar refractivity (Wildman–Crippen MR) is 137 cm³/mol. The van der Waals surface area contributed by atoms with Crippen molar-refractivity contribution < 1.29 is 22.4 Å². The van der Waals surface area contributed by atoms with Gasteiger partial charge in [-0.1, -0.05) is 12.1 Å². The maximum atomic E-state index is 13.5. The first kappa shape index (κ1) is 24.9. The summed E-state index contributed by atoms with van der Waals surface area (Å²) in [5.74, 6) is -1.44. The van der Waals surface area contributed by atoms with Crippen LogP contribution in [0, 0.1) is 17.1 Å². The molecular formula is C27H15F4N5OS. The predicted octanol–water partition coefficient (Wildman–Crippen LogP) is 7.70. The fourth-order valence-corrected chi connectivity index (χ4v) is 5.06. The number of carbonyl (C=O) groups is 1. The first-order valence-corrected chi connectivity index (χ1v) is 11.8. The Bertz CT molecular complexity index is 1710. The van der Waals surface area contributed by atoms with Crippen LogP contribution in [0.4, 0.5) is 33.7 Å². The summed E-state index contributed by atoms with van der Waals surface area (Å²) in [6, 6.07) is 15.9. The van der Waals surface area contributed by atoms with Gasteiger partial charge in [-0.2, -0.15) is 18.4 Å². The van der Waals surface area contributed by atoms with Crippen LogP contribution in [0.2, 0.25) is 0 Å². The van der Waals surface area contributed by atoms with Crippen molar-refractivity contribution in [3.8, 4) is 27.6 Å². The van der Waals surface area contributed by atoms with E-state index >= 15 is 0 Å². The lowest BCUT2D eigenvalue weighted by atomic mass is 10.0. The van der Waals surface area contributed by atoms with Crippen LogP contribution < -0.4 is 10.6 Å². The molecule has 188 valence electrons. The number of thiophene rings is 1. The lowest BCUT2D eigenvalue weighted by Crippen LogP contribution is -2.20. The molecule has 0 bridgehead atoms. The molecule has 2 N–H and O–H groups in total. The fourth-order valence-electron chi connectivity index (χ4n) is 3.87. The summed E-state index contributed by atoms with van der Waals surface area (Å²) < 4.78 is 53.3. The summed E-state index contributed by atoms with van der Waals surface area (Å²) in [7, 11) is 0. The molecular weight excluding hydrogens is 518 g/mol. The molecule has 0 unspecified atom stereocenters. The zero-order valence-corrected chi connectivity index (χ0v) is 20.0. The summed E-state index contributed by atoms with van der Waals surface area (Å²) in [6.45, 7) is 0. The topological polar surface area (TPSA) is 90.7 Å². The van der Waals surface area contributed by atoms with Crippen molar-refractivity contribution in [1.29, 1.82) is 5.26 Å². The Morgan fingerprint density at radius 2 is 1.68 bits per heavy atom. The summed E-state index contributed by atoms with van der Waals surface area (Å²) in [5.41, 5.74) is 1.89. The van der Waals surface area contributed by atoms with Crippen LogP contribution in [0.1, 0.15) is 11.1 Å². The van der Waals surface area contributed by atoms with Gasteiger partial charge in [0.05, 0.1) is 21.3 Å². The molecule has 6 nitrogen and oxygen atoms in total. The highest BCUT2D eigenvalue weighted by Gasteiger charge is 2.34. The van der Waals surface area contributed by atoms with E-state index in [9.17, 15) is 27.6 Å². The molecule has 5 aromatic rings. The quantitative estimate of drug-likeness (QED) is 0.232. The lowest BCUT2D eigenvalue weighted by Gasteiger charge is -2.12. The highest BCUT2D eigenvalue weighted by atomic mass is 32.1. The number of hydrogen-bond donors (Lipinski definition) is 2. The number of nitriles is 1. The third kappa shape index (κ3) is 5.02. The van der Waals surface area contributed by atoms with Gasteiger partial charge < -0.3 is 10.6 Å². The molecule has 0 aliphatic rings. The first-order chi connectivity index (χ1) is 18.2. The number of rotatable bonds is 4. The van der Waals surface area contributed by atoms with Gasteiger partial charge in [-0.05, 0) is 59.7 Å². The average molecular weight is 534 g/mol. The van der Waals surface area contributed by atoms with Gasteiger partial charge in [0.1, 0.15) is 11.9 Å². The molecule has 0 atom stereocenters. The van der Waals surface area contributed by atoms with Gasteiger partial charge in [-0.25, -0.2) is 9.18 Å². The highest BCUT2D eigenvalue weighted by Crippen LogP contribution is 2.40. The Morgan fingerprint density at radius 1 is 0.947 bits per heavy atom. The van der Waals surface area contributed by atoms with Crippen LogP contribution >= 0.6 is 11.3 Å². The number of anilines is 2. The van der Waals surface area contributed by atoms with E-state index in [0.717, 1.165) is 21.2 Å². The van der Waals surface area contributed by atoms with Crippen LogP contribution in [-0.4, -0.2) is 16.0 Å². The molecule has 0 radical (unpaired) electrons. The van der Waals surface area contributed by atoms with E-state index in [1.807, 2.05) is 18.2 Å². The van der Waals surface area contributed by atoms with Gasteiger partial charge in [-0.3, -0.25) is 9.97 Å². The Kier molecular flexibility index (Phi) is 6.48. The third-order valence-electron chi connectivity index (χ3n) is 5.57. The number of nitrogens with zero attached hydrogens (tertiary/aromatic N) is 3. The van der Waals surface area contributed by atoms with Gasteiger partial charge in [0.2, 0.25) is 0 Å². The smallest absolute Gasteiger partial charge is 0.308 e. The molecule has 0 saturated heterocycles. The summed E-state index contributed by atoms with van der Waals surface area (Å²) >= 11 is 1.46. The van der Waals surface area contributed by atoms with E-state index < -0.39 is 23.6 Å². The number of fused-ring (bicyclic) bond motifs is 1. The molecule has 2 amide bonds. The lowest BCUT2D eigenvalue weighted by molar-refractivity contribution is -0.139. The number of halogens is 4. The Hall–Kier alpha value is -4.82. The van der Waals surface area contributed by atoms with Crippen LogP contribution in [0.3, 0.4) is 0 Å². The number of pyridine rings is 2. The van der Waals surface area contributed by atoms with Gasteiger partial charge in [0.25, 0.3) is 0 Å². The number of nitrogens with one attached hydrogen (secondary N) is 2. The number of urea groups is 1. The molecule has 0 aliphatic heterocycles. The minimum Gasteiger partial charge on any atom is -0.308 e. The van der Waals surface area contributed by atoms with Gasteiger partial charge >= 0.3 is 12.2 Å². The fraction of sp³-hybridized carbons (Fsp3) is 0.0370. The average Bonchev–Trinajstić information content (AvgIpc) is 3.33. The number of carbonyl (C=O) groups excluding carboxylic acids is 1. The SMILES string of the molecule is N#Cc1cnc2cc(-c3ccncc3)sc2c1-c1cccc(NC(=O)Nc2ccc(F)c(C(F)(F)F)c2)c1. The van der Waals surface area contributed by atoms with E-state index in [1.165, 1.54) is 17.5 Å². The molecule has 2 aromatic carbocycles. The monoisotopic (exact) mass is 533 g/mol. The van der Waals surface area contributed by atoms with Crippen LogP contribution in [0.25, 0.3) is 31.8 Å². The van der Waals surface area contributed by atoms with E-state index in [-0.39, 0.29) is 5.69 Å². The minimum atomic E-state index is -4.90. The van der Waals surface area contributed by atoms with Gasteiger partial charge in [0, 0.05) is 40.4 Å². The number of aromatic nitrogens is 2. The summed E-state index contributed by atoms with van der Waals surface area (Å²) in [6.07, 6.45) is -0.0457. The zero-order chi connectivity index (χ0) is 26.9. The van der Waals surface area contributed by atoms with Crippen molar-refractivity contribution in [3.63, 3.8) is 0 Å². The summed E-state index contributed by atoms with van der Waals surface area (Å²) in [4.78, 5) is 21.9. The van der Waals surface area contributed by atoms with Crippen LogP contribution in [-0.2, 0) is 6.18 Å². The molecule has 0 saturated carbocycles. The normalized spacial score (nSPS) is 11.2. The zero-order valence-electron chi connectivity index (χ0n) is 19.2. The van der Waals surface area contributed by atoms with Crippen LogP contribution in [0.5, 0.6) is 0 Å². The maximum Gasteiger partial charge on any atom is 0.419 e. The van der Waals surface area contributed by atoms with Crippen LogP contribution in [0.15, 0.2) is 79.3 Å². The Balaban J connectivity index is 1.45. The molecule has 38 heavy (non-hydrogen) atoms. The third-order valence-corrected chi connectivity index (χ3v) is 6.76. The second-order valence-corrected chi connectivity index (χ2v) is 9.12. The van der Waals surface area contributed by atoms with Gasteiger partial charge in [0.15, 0.2) is 0 Å². The molecule has 3 heterocycles. The standard InChI is InChI=1S/C27H15F4N5OS/c28-21-5-4-19(11-20(21)27(29,30)31)36-26(37)35-18-3-1-2-16(10-18)24-17(13-32)14-34-22-12-23(38-25(22)24)15-6-8-33-9-7-15/h1-12,14H,(H2,35,36,37). The van der Waals surface area contributed by atoms with Crippen molar-refractivity contribution in [2.75, 3.05) is 10.6 Å². The number of hydrogen-bond acceptors (Lipinski definition) is 5. The Morgan fingerprint density at radius 3 is 2.39 bits per heavy atom. The van der Waals surface area contributed by atoms with Crippen molar-refractivity contribution in [3.05, 3.63) is 96.2 Å². The summed E-state index contributed by atoms with van der Waals surface area (Å²) in [5, 5.41) is 14.6. The molecule has 3 aromatic heterocycles. The van der Waals surface area contributed by atoms with Crippen molar-refractivity contribution in [1.82, 2.24) is 9.97 Å². The number of amides is 2. The Labute approximate surface area is 217 Å². The van der Waals surface area contributed by atoms with Crippen molar-refractivity contribution in [2.45, 2.75) is 6.18 Å². The largest absolute Gasteiger partial charge is 0.419 e. The minimum absolute atomic E-state index is 0.225. The number of alkyl halides is 3. The molecule has 0 fully saturated rings. The molecule has 11 heteroatoms. The van der Waals surface area contributed by atoms with Crippen molar-refractivity contribution >= 4 is 39.0 Å². The first-order valence-electron chi connectivity index (χ1n) is 11.0. The highest BCUT2D eigenvalue weighted by molar-refractivity contribution is 7.22. The second kappa shape index (κ2) is 9.91. The van der Waals surface area contributed by atoms with E-state index in [4.69, 9.17) is 0 Å². The maximum absolute atomic E-state index is 13.5. The van der Waals surface area contributed by atoms with E-state index in [2.05, 4.69) is 26.7 Å². The molecule has 0 aliphatic carbocycles. The van der Waals surface area contributed by atoms with Gasteiger partial charge in [-0.15, -0.1) is 11.3 Å². The number of benzene rings is 2. The molecule has 5 rings (SSSR count). The van der Waals surface area contributed by atoms with E-state index in [1.54, 1.807) is 36.7 Å². The second-order valence-electron chi connectivity index (χ2n) is 8.07. The van der Waals surface area contributed by atoms with E-state index in [0.29, 0.717) is 40.0 Å².